The van der Waals surface area contributed by atoms with Crippen LogP contribution in [0.25, 0.3) is 0 Å². The molecule has 144 valence electrons. The lowest BCUT2D eigenvalue weighted by molar-refractivity contribution is -0.132. The Balaban J connectivity index is 1.96. The number of piperidine rings is 1. The van der Waals surface area contributed by atoms with E-state index in [9.17, 15) is 9.59 Å². The van der Waals surface area contributed by atoms with Gasteiger partial charge in [0.1, 0.15) is 0 Å². The van der Waals surface area contributed by atoms with Crippen molar-refractivity contribution in [2.24, 2.45) is 11.8 Å². The van der Waals surface area contributed by atoms with E-state index in [1.165, 1.54) is 0 Å². The molecular weight excluding hydrogens is 332 g/mol. The van der Waals surface area contributed by atoms with Crippen LogP contribution in [0.5, 0.6) is 11.5 Å². The van der Waals surface area contributed by atoms with Crippen molar-refractivity contribution < 1.29 is 19.1 Å². The molecule has 2 unspecified atom stereocenters. The molecule has 0 bridgehead atoms. The van der Waals surface area contributed by atoms with Crippen LogP contribution in [0.4, 0.5) is 0 Å². The molecule has 1 aliphatic rings. The predicted octanol–water partition coefficient (Wildman–Crippen LogP) is 2.72. The van der Waals surface area contributed by atoms with E-state index in [1.807, 2.05) is 18.7 Å². The number of carbonyl (C=O) groups is 2. The van der Waals surface area contributed by atoms with Crippen LogP contribution >= 0.6 is 0 Å². The third-order valence-electron chi connectivity index (χ3n) is 4.43. The minimum atomic E-state index is -0.291. The summed E-state index contributed by atoms with van der Waals surface area (Å²) in [5, 5.41) is 2.72. The SMILES string of the molecule is CCOc1ccc(C(=O)NCC(=O)N2CC(C)CC(C)C2)cc1OCC. The van der Waals surface area contributed by atoms with E-state index in [2.05, 4.69) is 19.2 Å². The first-order valence-corrected chi connectivity index (χ1v) is 9.40. The monoisotopic (exact) mass is 362 g/mol. The van der Waals surface area contributed by atoms with Crippen molar-refractivity contribution in [2.45, 2.75) is 34.1 Å². The van der Waals surface area contributed by atoms with Gasteiger partial charge in [0.2, 0.25) is 5.91 Å². The fourth-order valence-corrected chi connectivity index (χ4v) is 3.43. The van der Waals surface area contributed by atoms with E-state index in [0.29, 0.717) is 42.1 Å². The molecule has 1 aliphatic heterocycles. The number of rotatable bonds is 7. The number of amides is 2. The van der Waals surface area contributed by atoms with E-state index in [0.717, 1.165) is 19.5 Å². The Bertz CT molecular complexity index is 622. The molecule has 6 nitrogen and oxygen atoms in total. The Morgan fingerprint density at radius 2 is 1.69 bits per heavy atom. The summed E-state index contributed by atoms with van der Waals surface area (Å²) in [7, 11) is 0. The molecule has 2 rings (SSSR count). The number of nitrogens with one attached hydrogen (secondary N) is 1. The van der Waals surface area contributed by atoms with Crippen molar-refractivity contribution in [1.29, 1.82) is 0 Å². The smallest absolute Gasteiger partial charge is 0.251 e. The zero-order valence-electron chi connectivity index (χ0n) is 16.2. The third kappa shape index (κ3) is 5.38. The first-order valence-electron chi connectivity index (χ1n) is 9.40. The van der Waals surface area contributed by atoms with E-state index in [4.69, 9.17) is 9.47 Å². The molecule has 0 aliphatic carbocycles. The average Bonchev–Trinajstić information content (AvgIpc) is 2.60. The molecule has 1 saturated heterocycles. The van der Waals surface area contributed by atoms with Gasteiger partial charge in [-0.1, -0.05) is 13.8 Å². The summed E-state index contributed by atoms with van der Waals surface area (Å²) in [4.78, 5) is 26.7. The standard InChI is InChI=1S/C20H30N2O4/c1-5-25-17-8-7-16(10-18(17)26-6-2)20(24)21-11-19(23)22-12-14(3)9-15(4)13-22/h7-8,10,14-15H,5-6,9,11-13H2,1-4H3,(H,21,24). The zero-order valence-corrected chi connectivity index (χ0v) is 16.2. The summed E-state index contributed by atoms with van der Waals surface area (Å²) in [5.74, 6) is 1.81. The van der Waals surface area contributed by atoms with E-state index < -0.39 is 0 Å². The first kappa shape index (κ1) is 20.1. The Morgan fingerprint density at radius 3 is 2.31 bits per heavy atom. The van der Waals surface area contributed by atoms with Gasteiger partial charge in [-0.25, -0.2) is 0 Å². The fraction of sp³-hybridized carbons (Fsp3) is 0.600. The lowest BCUT2D eigenvalue weighted by Gasteiger charge is -2.35. The molecule has 1 aromatic rings. The van der Waals surface area contributed by atoms with Crippen LogP contribution in [-0.2, 0) is 4.79 Å². The van der Waals surface area contributed by atoms with Gasteiger partial charge in [-0.3, -0.25) is 9.59 Å². The van der Waals surface area contributed by atoms with Crippen LogP contribution in [0.15, 0.2) is 18.2 Å². The summed E-state index contributed by atoms with van der Waals surface area (Å²) in [6.07, 6.45) is 1.14. The van der Waals surface area contributed by atoms with Crippen molar-refractivity contribution in [2.75, 3.05) is 32.8 Å². The van der Waals surface area contributed by atoms with Gasteiger partial charge in [0.25, 0.3) is 5.91 Å². The highest BCUT2D eigenvalue weighted by Crippen LogP contribution is 2.28. The highest BCUT2D eigenvalue weighted by atomic mass is 16.5. The van der Waals surface area contributed by atoms with Crippen molar-refractivity contribution >= 4 is 11.8 Å². The van der Waals surface area contributed by atoms with E-state index in [-0.39, 0.29) is 18.4 Å². The van der Waals surface area contributed by atoms with E-state index in [1.54, 1.807) is 18.2 Å². The molecule has 1 N–H and O–H groups in total. The summed E-state index contributed by atoms with van der Waals surface area (Å²) in [6.45, 7) is 10.6. The summed E-state index contributed by atoms with van der Waals surface area (Å²) in [5.41, 5.74) is 0.449. The topological polar surface area (TPSA) is 67.9 Å². The van der Waals surface area contributed by atoms with Crippen LogP contribution < -0.4 is 14.8 Å². The maximum Gasteiger partial charge on any atom is 0.251 e. The van der Waals surface area contributed by atoms with Crippen molar-refractivity contribution in [3.63, 3.8) is 0 Å². The maximum atomic E-state index is 12.4. The van der Waals surface area contributed by atoms with Gasteiger partial charge in [0, 0.05) is 18.7 Å². The van der Waals surface area contributed by atoms with Crippen molar-refractivity contribution in [1.82, 2.24) is 10.2 Å². The number of nitrogens with zero attached hydrogens (tertiary/aromatic N) is 1. The zero-order chi connectivity index (χ0) is 19.1. The third-order valence-corrected chi connectivity index (χ3v) is 4.43. The van der Waals surface area contributed by atoms with Crippen LogP contribution in [-0.4, -0.2) is 49.6 Å². The molecule has 0 spiro atoms. The lowest BCUT2D eigenvalue weighted by Crippen LogP contribution is -2.46. The van der Waals surface area contributed by atoms with Gasteiger partial charge in [-0.2, -0.15) is 0 Å². The number of hydrogen-bond donors (Lipinski definition) is 1. The molecule has 2 atom stereocenters. The predicted molar refractivity (Wildman–Crippen MR) is 101 cm³/mol. The minimum Gasteiger partial charge on any atom is -0.490 e. The highest BCUT2D eigenvalue weighted by molar-refractivity contribution is 5.97. The molecule has 6 heteroatoms. The average molecular weight is 362 g/mol. The Morgan fingerprint density at radius 1 is 1.08 bits per heavy atom. The molecule has 1 aromatic carbocycles. The van der Waals surface area contributed by atoms with Crippen molar-refractivity contribution in [3.8, 4) is 11.5 Å². The number of ether oxygens (including phenoxy) is 2. The van der Waals surface area contributed by atoms with Gasteiger partial charge in [-0.05, 0) is 50.3 Å². The first-order chi connectivity index (χ1) is 12.4. The Kier molecular flexibility index (Phi) is 7.30. The number of likely N-dealkylation sites (tertiary alicyclic amines) is 1. The lowest BCUT2D eigenvalue weighted by atomic mass is 9.92. The number of hydrogen-bond acceptors (Lipinski definition) is 4. The Hall–Kier alpha value is -2.24. The molecule has 1 heterocycles. The van der Waals surface area contributed by atoms with Crippen LogP contribution in [0.3, 0.4) is 0 Å². The maximum absolute atomic E-state index is 12.4. The number of benzene rings is 1. The fourth-order valence-electron chi connectivity index (χ4n) is 3.43. The number of carbonyl (C=O) groups excluding carboxylic acids is 2. The van der Waals surface area contributed by atoms with Gasteiger partial charge in [0.15, 0.2) is 11.5 Å². The molecule has 0 aromatic heterocycles. The molecule has 2 amide bonds. The Labute approximate surface area is 155 Å². The second kappa shape index (κ2) is 9.46. The molecule has 1 fully saturated rings. The summed E-state index contributed by atoms with van der Waals surface area (Å²) in [6, 6.07) is 5.05. The van der Waals surface area contributed by atoms with Crippen LogP contribution in [0.1, 0.15) is 44.5 Å². The quantitative estimate of drug-likeness (QED) is 0.810. The molecule has 0 radical (unpaired) electrons. The van der Waals surface area contributed by atoms with E-state index >= 15 is 0 Å². The summed E-state index contributed by atoms with van der Waals surface area (Å²) >= 11 is 0. The second-order valence-corrected chi connectivity index (χ2v) is 6.95. The minimum absolute atomic E-state index is 0.00938. The highest BCUT2D eigenvalue weighted by Gasteiger charge is 2.25. The van der Waals surface area contributed by atoms with Crippen molar-refractivity contribution in [3.05, 3.63) is 23.8 Å². The largest absolute Gasteiger partial charge is 0.490 e. The molecule has 0 saturated carbocycles. The van der Waals surface area contributed by atoms with Crippen LogP contribution in [0, 0.1) is 11.8 Å². The van der Waals surface area contributed by atoms with Crippen LogP contribution in [0.2, 0.25) is 0 Å². The second-order valence-electron chi connectivity index (χ2n) is 6.95. The van der Waals surface area contributed by atoms with Gasteiger partial charge >= 0.3 is 0 Å². The van der Waals surface area contributed by atoms with Gasteiger partial charge < -0.3 is 19.7 Å². The normalized spacial score (nSPS) is 19.8. The molecule has 26 heavy (non-hydrogen) atoms. The summed E-state index contributed by atoms with van der Waals surface area (Å²) < 4.78 is 11.0. The van der Waals surface area contributed by atoms with Gasteiger partial charge in [-0.15, -0.1) is 0 Å². The van der Waals surface area contributed by atoms with Gasteiger partial charge in [0.05, 0.1) is 19.8 Å². The molecular formula is C20H30N2O4.